The van der Waals surface area contributed by atoms with Crippen LogP contribution in [-0.2, 0) is 46.5 Å². The smallest absolute Gasteiger partial charge is 0.279 e. The van der Waals surface area contributed by atoms with Gasteiger partial charge in [-0.1, -0.05) is 39.3 Å². The Labute approximate surface area is 407 Å². The highest BCUT2D eigenvalue weighted by molar-refractivity contribution is 7.89. The number of fused-ring (bicyclic) bond motifs is 2. The first kappa shape index (κ1) is 50.2. The lowest BCUT2D eigenvalue weighted by Gasteiger charge is -2.33. The summed E-state index contributed by atoms with van der Waals surface area (Å²) in [7, 11) is -3.68. The second-order valence-electron chi connectivity index (χ2n) is 17.4. The van der Waals surface area contributed by atoms with Gasteiger partial charge in [0.25, 0.3) is 11.1 Å². The van der Waals surface area contributed by atoms with E-state index in [-0.39, 0.29) is 32.3 Å². The van der Waals surface area contributed by atoms with Crippen LogP contribution in [0.5, 0.6) is 5.75 Å². The zero-order valence-electron chi connectivity index (χ0n) is 40.8. The number of H-pyrrole nitrogens is 2. The number of rotatable bonds is 14. The van der Waals surface area contributed by atoms with Crippen LogP contribution in [0.4, 0.5) is 0 Å². The Bertz CT molecular complexity index is 3360. The van der Waals surface area contributed by atoms with Crippen LogP contribution in [0.2, 0.25) is 0 Å². The molecule has 2 saturated heterocycles. The van der Waals surface area contributed by atoms with Crippen molar-refractivity contribution >= 4 is 42.1 Å². The maximum Gasteiger partial charge on any atom is 0.279 e. The average Bonchev–Trinajstić information content (AvgIpc) is 3.88. The van der Waals surface area contributed by atoms with Crippen molar-refractivity contribution in [2.75, 3.05) is 72.6 Å². The minimum atomic E-state index is -3.70. The third kappa shape index (κ3) is 10.2. The summed E-state index contributed by atoms with van der Waals surface area (Å²) in [4.78, 5) is 50.2. The summed E-state index contributed by atoms with van der Waals surface area (Å²) in [6.45, 7) is 16.1. The van der Waals surface area contributed by atoms with Crippen LogP contribution in [0.15, 0.2) is 80.2 Å². The number of nitrogens with one attached hydrogen (secondary N) is 2. The summed E-state index contributed by atoms with van der Waals surface area (Å²) in [5.74, 6) is 1.05. The molecule has 0 spiro atoms. The molecule has 372 valence electrons. The number of ether oxygens (including phenoxy) is 1. The number of nitrogens with zero attached hydrogens (tertiary/aromatic N) is 11. The number of pyridine rings is 1. The Balaban J connectivity index is 0.000000190. The van der Waals surface area contributed by atoms with Gasteiger partial charge in [-0.15, -0.1) is 0 Å². The van der Waals surface area contributed by atoms with Crippen LogP contribution in [-0.4, -0.2) is 152 Å². The fourth-order valence-electron chi connectivity index (χ4n) is 8.86. The number of sulfonamides is 2. The van der Waals surface area contributed by atoms with Crippen LogP contribution in [0, 0.1) is 6.92 Å². The summed E-state index contributed by atoms with van der Waals surface area (Å²) < 4.78 is 65.6. The van der Waals surface area contributed by atoms with Gasteiger partial charge in [-0.25, -0.2) is 26.8 Å². The van der Waals surface area contributed by atoms with Crippen LogP contribution in [0.3, 0.4) is 0 Å². The summed E-state index contributed by atoms with van der Waals surface area (Å²) in [5, 5.41) is 8.98. The Hall–Kier alpha value is -6.17. The van der Waals surface area contributed by atoms with E-state index in [2.05, 4.69) is 41.9 Å². The first-order valence-electron chi connectivity index (χ1n) is 23.7. The molecule has 0 radical (unpaired) electrons. The van der Waals surface area contributed by atoms with Gasteiger partial charge in [-0.3, -0.25) is 23.9 Å². The highest BCUT2D eigenvalue weighted by Gasteiger charge is 2.31. The molecule has 2 aliphatic rings. The first-order chi connectivity index (χ1) is 33.6. The number of aromatic nitrogens is 9. The molecule has 9 rings (SSSR count). The van der Waals surface area contributed by atoms with Gasteiger partial charge in [0.05, 0.1) is 45.6 Å². The quantitative estimate of drug-likeness (QED) is 0.157. The van der Waals surface area contributed by atoms with Gasteiger partial charge >= 0.3 is 0 Å². The molecule has 0 aliphatic carbocycles. The molecular formula is C48H61N13O7S2. The Morgan fingerprint density at radius 2 is 1.33 bits per heavy atom. The third-order valence-electron chi connectivity index (χ3n) is 12.8. The highest BCUT2D eigenvalue weighted by Crippen LogP contribution is 2.33. The molecule has 2 aliphatic heterocycles. The van der Waals surface area contributed by atoms with E-state index in [9.17, 15) is 26.4 Å². The van der Waals surface area contributed by atoms with Crippen LogP contribution >= 0.6 is 0 Å². The number of piperazine rings is 2. The van der Waals surface area contributed by atoms with E-state index in [1.54, 1.807) is 54.3 Å². The molecule has 0 bridgehead atoms. The topological polar surface area (TPSA) is 230 Å². The van der Waals surface area contributed by atoms with E-state index in [4.69, 9.17) is 14.7 Å². The van der Waals surface area contributed by atoms with E-state index in [1.807, 2.05) is 52.9 Å². The lowest BCUT2D eigenvalue weighted by atomic mass is 10.1. The van der Waals surface area contributed by atoms with Crippen LogP contribution < -0.4 is 15.9 Å². The summed E-state index contributed by atoms with van der Waals surface area (Å²) in [6.07, 6.45) is 3.89. The number of aromatic amines is 2. The van der Waals surface area contributed by atoms with E-state index in [0.717, 1.165) is 35.6 Å². The fourth-order valence-corrected chi connectivity index (χ4v) is 11.8. The predicted octanol–water partition coefficient (Wildman–Crippen LogP) is 4.04. The summed E-state index contributed by atoms with van der Waals surface area (Å²) in [5.41, 5.74) is 5.20. The Morgan fingerprint density at radius 1 is 0.700 bits per heavy atom. The number of hydrogen-bond acceptors (Lipinski definition) is 14. The molecule has 2 aromatic carbocycles. The molecule has 0 unspecified atom stereocenters. The van der Waals surface area contributed by atoms with Crippen molar-refractivity contribution in [3.63, 3.8) is 0 Å². The van der Waals surface area contributed by atoms with Gasteiger partial charge in [0, 0.05) is 71.2 Å². The molecule has 2 N–H and O–H groups in total. The van der Waals surface area contributed by atoms with Gasteiger partial charge < -0.3 is 24.5 Å². The number of aryl methyl sites for hydroxylation is 4. The molecule has 0 saturated carbocycles. The second kappa shape index (κ2) is 21.0. The van der Waals surface area contributed by atoms with Crippen molar-refractivity contribution in [2.24, 2.45) is 7.05 Å². The Morgan fingerprint density at radius 3 is 1.96 bits per heavy atom. The normalized spacial score (nSPS) is 15.6. The SMILES string of the molecule is CCCc1nn(C)c2c(=O)[nH]c(-c3cc(S(=O)(=O)N4CCN(C)CC4)ccc3OCC)nc12.CCc1c2nc(-c3cc(S(=O)(=O)N4CCN(CC)CC4)ccc3C)[nH]c(=O)c2nn1Cc1ccccn1. The van der Waals surface area contributed by atoms with Crippen LogP contribution in [0.1, 0.15) is 56.8 Å². The maximum absolute atomic E-state index is 13.4. The van der Waals surface area contributed by atoms with Crippen molar-refractivity contribution in [3.8, 4) is 28.5 Å². The van der Waals surface area contributed by atoms with Crippen molar-refractivity contribution in [1.82, 2.24) is 62.9 Å². The minimum absolute atomic E-state index is 0.147. The van der Waals surface area contributed by atoms with E-state index in [1.165, 1.54) is 13.3 Å². The van der Waals surface area contributed by atoms with Gasteiger partial charge in [0.2, 0.25) is 20.0 Å². The van der Waals surface area contributed by atoms with Gasteiger partial charge in [-0.05, 0) is 88.3 Å². The first-order valence-corrected chi connectivity index (χ1v) is 26.6. The number of likely N-dealkylation sites (N-methyl/N-ethyl adjacent to an activating group) is 2. The second-order valence-corrected chi connectivity index (χ2v) is 21.3. The maximum atomic E-state index is 13.4. The molecule has 7 aromatic rings. The summed E-state index contributed by atoms with van der Waals surface area (Å²) in [6, 6.07) is 15.4. The molecule has 20 nitrogen and oxygen atoms in total. The molecule has 2 fully saturated rings. The molecule has 70 heavy (non-hydrogen) atoms. The molecule has 22 heteroatoms. The lowest BCUT2D eigenvalue weighted by Crippen LogP contribution is -2.48. The van der Waals surface area contributed by atoms with Crippen molar-refractivity contribution in [2.45, 2.75) is 70.2 Å². The van der Waals surface area contributed by atoms with Crippen molar-refractivity contribution in [3.05, 3.63) is 104 Å². The lowest BCUT2D eigenvalue weighted by molar-refractivity contribution is 0.196. The fraction of sp³-hybridized carbons (Fsp3) is 0.438. The molecule has 0 amide bonds. The third-order valence-corrected chi connectivity index (χ3v) is 16.6. The standard InChI is InChI=1S/C26H31N7O3S.C22H30N6O4S/c1-4-22-23-24(30-33(22)17-19-8-6-7-11-27-19)26(34)29-25(28-23)21-16-20(10-9-18(21)3)37(35,36)32-14-12-31(5-2)13-15-32;1-5-7-17-19-20(27(4)25-17)22(29)24-21(23-19)16-14-15(8-9-18(16)32-6-2)33(30,31)28-12-10-26(3)11-13-28/h6-11,16H,4-5,12-15,17H2,1-3H3,(H,28,29,34);8-9,14H,5-7,10-13H2,1-4H3,(H,23,24,29). The minimum Gasteiger partial charge on any atom is -0.493 e. The largest absolute Gasteiger partial charge is 0.493 e. The van der Waals surface area contributed by atoms with E-state index < -0.39 is 20.0 Å². The van der Waals surface area contributed by atoms with Crippen LogP contribution in [0.25, 0.3) is 44.8 Å². The predicted molar refractivity (Wildman–Crippen MR) is 268 cm³/mol. The van der Waals surface area contributed by atoms with Crippen molar-refractivity contribution in [1.29, 1.82) is 0 Å². The van der Waals surface area contributed by atoms with E-state index in [0.29, 0.717) is 118 Å². The molecule has 7 heterocycles. The molecular weight excluding hydrogens is 935 g/mol. The highest BCUT2D eigenvalue weighted by atomic mass is 32.2. The van der Waals surface area contributed by atoms with E-state index >= 15 is 0 Å². The zero-order valence-corrected chi connectivity index (χ0v) is 42.4. The van der Waals surface area contributed by atoms with Crippen molar-refractivity contribution < 1.29 is 21.6 Å². The summed E-state index contributed by atoms with van der Waals surface area (Å²) >= 11 is 0. The average molecular weight is 996 g/mol. The number of hydrogen-bond donors (Lipinski definition) is 2. The zero-order chi connectivity index (χ0) is 49.9. The Kier molecular flexibility index (Phi) is 15.1. The van der Waals surface area contributed by atoms with Gasteiger partial charge in [-0.2, -0.15) is 18.8 Å². The van der Waals surface area contributed by atoms with Gasteiger partial charge in [0.15, 0.2) is 11.0 Å². The van der Waals surface area contributed by atoms with Gasteiger partial charge in [0.1, 0.15) is 28.4 Å². The number of benzene rings is 2. The molecule has 5 aromatic heterocycles. The molecule has 0 atom stereocenters. The monoisotopic (exact) mass is 995 g/mol.